The molecule has 8 nitrogen and oxygen atoms in total. The van der Waals surface area contributed by atoms with E-state index in [0.717, 1.165) is 5.56 Å². The summed E-state index contributed by atoms with van der Waals surface area (Å²) in [4.78, 5) is 26.7. The predicted molar refractivity (Wildman–Crippen MR) is 125 cm³/mol. The molecule has 2 amide bonds. The maximum atomic E-state index is 12.7. The van der Waals surface area contributed by atoms with Gasteiger partial charge in [0, 0.05) is 32.6 Å². The van der Waals surface area contributed by atoms with Crippen molar-refractivity contribution in [2.75, 3.05) is 37.4 Å². The fourth-order valence-electron chi connectivity index (χ4n) is 4.42. The molecule has 9 heteroatoms. The summed E-state index contributed by atoms with van der Waals surface area (Å²) in [6.45, 7) is 1.40. The Labute approximate surface area is 194 Å². The first kappa shape index (κ1) is 23.3. The summed E-state index contributed by atoms with van der Waals surface area (Å²) in [5.74, 6) is -0.278. The number of carbonyl (C=O) groups is 2. The molecule has 1 fully saturated rings. The summed E-state index contributed by atoms with van der Waals surface area (Å²) in [6.07, 6.45) is 1.16. The van der Waals surface area contributed by atoms with Crippen molar-refractivity contribution in [3.05, 3.63) is 59.7 Å². The van der Waals surface area contributed by atoms with Crippen LogP contribution in [0.1, 0.15) is 24.0 Å². The number of nitrogens with one attached hydrogen (secondary N) is 1. The van der Waals surface area contributed by atoms with E-state index in [-0.39, 0.29) is 37.1 Å². The summed E-state index contributed by atoms with van der Waals surface area (Å²) < 4.78 is 32.4. The molecule has 1 saturated heterocycles. The van der Waals surface area contributed by atoms with E-state index in [9.17, 15) is 18.0 Å². The van der Waals surface area contributed by atoms with Crippen molar-refractivity contribution in [1.29, 1.82) is 0 Å². The molecule has 2 aromatic carbocycles. The number of rotatable bonds is 8. The van der Waals surface area contributed by atoms with E-state index in [1.165, 1.54) is 9.87 Å². The molecule has 2 aromatic rings. The Hall–Kier alpha value is -2.91. The molecular formula is C24H29N3O5S. The van der Waals surface area contributed by atoms with Gasteiger partial charge in [0.15, 0.2) is 0 Å². The molecule has 33 heavy (non-hydrogen) atoms. The number of methoxy groups -OCH3 is 1. The third-order valence-electron chi connectivity index (χ3n) is 6.24. The number of ether oxygens (including phenoxy) is 1. The average molecular weight is 472 g/mol. The Balaban J connectivity index is 1.26. The van der Waals surface area contributed by atoms with Gasteiger partial charge in [0.25, 0.3) is 0 Å². The molecule has 176 valence electrons. The topological polar surface area (TPSA) is 96.0 Å². The van der Waals surface area contributed by atoms with Crippen LogP contribution < -0.4 is 15.0 Å². The van der Waals surface area contributed by atoms with E-state index in [1.54, 1.807) is 24.1 Å². The van der Waals surface area contributed by atoms with Gasteiger partial charge in [-0.1, -0.05) is 36.4 Å². The maximum Gasteiger partial charge on any atom is 0.227 e. The van der Waals surface area contributed by atoms with E-state index in [1.807, 2.05) is 36.4 Å². The molecule has 1 atom stereocenters. The second kappa shape index (κ2) is 9.93. The van der Waals surface area contributed by atoms with Crippen LogP contribution >= 0.6 is 0 Å². The van der Waals surface area contributed by atoms with E-state index >= 15 is 0 Å². The molecular weight excluding hydrogens is 442 g/mol. The number of hydrogen-bond donors (Lipinski definition) is 1. The second-order valence-electron chi connectivity index (χ2n) is 8.39. The Bertz CT molecular complexity index is 1130. The highest BCUT2D eigenvalue weighted by Crippen LogP contribution is 2.32. The van der Waals surface area contributed by atoms with Crippen LogP contribution in [-0.2, 0) is 32.6 Å². The molecule has 1 N–H and O–H groups in total. The van der Waals surface area contributed by atoms with Crippen molar-refractivity contribution in [2.45, 2.75) is 25.8 Å². The molecule has 0 saturated carbocycles. The van der Waals surface area contributed by atoms with Crippen LogP contribution in [0.25, 0.3) is 0 Å². The van der Waals surface area contributed by atoms with Crippen LogP contribution in [0.5, 0.6) is 5.75 Å². The lowest BCUT2D eigenvalue weighted by molar-refractivity contribution is -0.126. The number of nitrogens with zero attached hydrogens (tertiary/aromatic N) is 2. The van der Waals surface area contributed by atoms with Crippen molar-refractivity contribution < 1.29 is 22.7 Å². The van der Waals surface area contributed by atoms with Crippen LogP contribution in [0.15, 0.2) is 48.5 Å². The number of fused-ring (bicyclic) bond motifs is 1. The fourth-order valence-corrected chi connectivity index (χ4v) is 5.89. The van der Waals surface area contributed by atoms with Gasteiger partial charge in [0.2, 0.25) is 21.8 Å². The Kier molecular flexibility index (Phi) is 6.99. The molecule has 0 spiro atoms. The molecule has 1 unspecified atom stereocenters. The highest BCUT2D eigenvalue weighted by Gasteiger charge is 2.36. The van der Waals surface area contributed by atoms with Crippen LogP contribution in [0.4, 0.5) is 5.69 Å². The Morgan fingerprint density at radius 1 is 1.12 bits per heavy atom. The van der Waals surface area contributed by atoms with Gasteiger partial charge < -0.3 is 15.0 Å². The van der Waals surface area contributed by atoms with Gasteiger partial charge in [0.1, 0.15) is 5.75 Å². The normalized spacial score (nSPS) is 18.8. The third kappa shape index (κ3) is 5.20. The number of amides is 2. The molecule has 0 aliphatic carbocycles. The maximum absolute atomic E-state index is 12.7. The first-order valence-corrected chi connectivity index (χ1v) is 12.8. The molecule has 4 rings (SSSR count). The first-order chi connectivity index (χ1) is 15.9. The minimum absolute atomic E-state index is 0.0214. The summed E-state index contributed by atoms with van der Waals surface area (Å²) in [5.41, 5.74) is 2.89. The molecule has 0 bridgehead atoms. The van der Waals surface area contributed by atoms with Crippen molar-refractivity contribution in [3.63, 3.8) is 0 Å². The Morgan fingerprint density at radius 3 is 2.64 bits per heavy atom. The number of hydrogen-bond acceptors (Lipinski definition) is 5. The van der Waals surface area contributed by atoms with Gasteiger partial charge in [-0.25, -0.2) is 8.42 Å². The van der Waals surface area contributed by atoms with Gasteiger partial charge in [0.05, 0.1) is 24.5 Å². The summed E-state index contributed by atoms with van der Waals surface area (Å²) in [6, 6.07) is 15.1. The van der Waals surface area contributed by atoms with E-state index in [2.05, 4.69) is 5.32 Å². The minimum Gasteiger partial charge on any atom is -0.495 e. The number of anilines is 1. The molecule has 2 aliphatic heterocycles. The Morgan fingerprint density at radius 2 is 1.85 bits per heavy atom. The molecule has 0 radical (unpaired) electrons. The van der Waals surface area contributed by atoms with E-state index in [4.69, 9.17) is 4.74 Å². The van der Waals surface area contributed by atoms with Gasteiger partial charge in [-0.05, 0) is 36.1 Å². The third-order valence-corrected chi connectivity index (χ3v) is 8.14. The fraction of sp³-hybridized carbons (Fsp3) is 0.417. The molecule has 2 heterocycles. The van der Waals surface area contributed by atoms with Gasteiger partial charge >= 0.3 is 0 Å². The van der Waals surface area contributed by atoms with Gasteiger partial charge in [-0.2, -0.15) is 4.31 Å². The van der Waals surface area contributed by atoms with Crippen LogP contribution in [0.3, 0.4) is 0 Å². The summed E-state index contributed by atoms with van der Waals surface area (Å²) >= 11 is 0. The summed E-state index contributed by atoms with van der Waals surface area (Å²) in [7, 11) is -1.86. The van der Waals surface area contributed by atoms with Crippen LogP contribution in [-0.4, -0.2) is 57.0 Å². The lowest BCUT2D eigenvalue weighted by atomic mass is 10.0. The zero-order valence-corrected chi connectivity index (χ0v) is 19.5. The standard InChI is InChI=1S/C24H29N3O5S/c1-32-22-10-5-4-9-21(22)27-17-20(15-23(27)28)24(29)25-12-6-14-33(30,31)26-13-11-18-7-2-3-8-19(18)16-26/h2-5,7-10,20H,6,11-17H2,1H3,(H,25,29). The van der Waals surface area contributed by atoms with Gasteiger partial charge in [-0.15, -0.1) is 0 Å². The van der Waals surface area contributed by atoms with E-state index < -0.39 is 15.9 Å². The summed E-state index contributed by atoms with van der Waals surface area (Å²) in [5, 5.41) is 2.80. The van der Waals surface area contributed by atoms with Gasteiger partial charge in [-0.3, -0.25) is 9.59 Å². The lowest BCUT2D eigenvalue weighted by Gasteiger charge is -2.28. The van der Waals surface area contributed by atoms with Crippen molar-refractivity contribution in [2.24, 2.45) is 5.92 Å². The number of carbonyl (C=O) groups excluding carboxylic acids is 2. The minimum atomic E-state index is -3.40. The molecule has 2 aliphatic rings. The van der Waals surface area contributed by atoms with Crippen molar-refractivity contribution in [3.8, 4) is 5.75 Å². The number of para-hydroxylation sites is 2. The predicted octanol–water partition coefficient (Wildman–Crippen LogP) is 1.94. The zero-order chi connectivity index (χ0) is 23.4. The number of benzene rings is 2. The van der Waals surface area contributed by atoms with Crippen LogP contribution in [0, 0.1) is 5.92 Å². The average Bonchev–Trinajstić information content (AvgIpc) is 3.22. The second-order valence-corrected chi connectivity index (χ2v) is 10.5. The quantitative estimate of drug-likeness (QED) is 0.594. The highest BCUT2D eigenvalue weighted by molar-refractivity contribution is 7.89. The van der Waals surface area contributed by atoms with E-state index in [0.29, 0.717) is 37.4 Å². The monoisotopic (exact) mass is 471 g/mol. The lowest BCUT2D eigenvalue weighted by Crippen LogP contribution is -2.38. The SMILES string of the molecule is COc1ccccc1N1CC(C(=O)NCCCS(=O)(=O)N2CCc3ccccc3C2)CC1=O. The largest absolute Gasteiger partial charge is 0.495 e. The number of sulfonamides is 1. The van der Waals surface area contributed by atoms with Crippen molar-refractivity contribution in [1.82, 2.24) is 9.62 Å². The van der Waals surface area contributed by atoms with Crippen LogP contribution in [0.2, 0.25) is 0 Å². The first-order valence-electron chi connectivity index (χ1n) is 11.1. The smallest absolute Gasteiger partial charge is 0.227 e. The zero-order valence-electron chi connectivity index (χ0n) is 18.7. The highest BCUT2D eigenvalue weighted by atomic mass is 32.2. The molecule has 0 aromatic heterocycles. The van der Waals surface area contributed by atoms with Crippen molar-refractivity contribution >= 4 is 27.5 Å².